The van der Waals surface area contributed by atoms with Crippen LogP contribution in [-0.2, 0) is 16.1 Å². The molecule has 0 aliphatic carbocycles. The molecule has 0 bridgehead atoms. The number of benzene rings is 1. The standard InChI is InChI=1S/C15H17N5O2/c1-9-5-3-4-6-12(9)17-13(21)7-11-8-20-15(18-14(11)22)16-10(2)19-20/h3-6,11H,7-8H2,1-2H3,(H,17,21)(H,16,18,19,22). The number of anilines is 2. The van der Waals surface area contributed by atoms with E-state index in [9.17, 15) is 9.59 Å². The molecule has 114 valence electrons. The maximum Gasteiger partial charge on any atom is 0.232 e. The van der Waals surface area contributed by atoms with Crippen molar-refractivity contribution in [2.24, 2.45) is 5.92 Å². The summed E-state index contributed by atoms with van der Waals surface area (Å²) in [6.07, 6.45) is 0.110. The molecule has 22 heavy (non-hydrogen) atoms. The lowest BCUT2D eigenvalue weighted by molar-refractivity contribution is -0.126. The molecule has 7 nitrogen and oxygen atoms in total. The monoisotopic (exact) mass is 299 g/mol. The van der Waals surface area contributed by atoms with Crippen molar-refractivity contribution in [1.29, 1.82) is 0 Å². The Morgan fingerprint density at radius 2 is 2.18 bits per heavy atom. The number of nitrogens with zero attached hydrogens (tertiary/aromatic N) is 3. The van der Waals surface area contributed by atoms with Gasteiger partial charge in [0.1, 0.15) is 5.82 Å². The number of hydrogen-bond donors (Lipinski definition) is 2. The highest BCUT2D eigenvalue weighted by molar-refractivity contribution is 5.98. The minimum absolute atomic E-state index is 0.110. The molecule has 1 aliphatic heterocycles. The number of fused-ring (bicyclic) bond motifs is 1. The van der Waals surface area contributed by atoms with E-state index in [0.29, 0.717) is 18.3 Å². The van der Waals surface area contributed by atoms with Gasteiger partial charge in [0.15, 0.2) is 0 Å². The van der Waals surface area contributed by atoms with E-state index < -0.39 is 5.92 Å². The predicted molar refractivity (Wildman–Crippen MR) is 81.3 cm³/mol. The highest BCUT2D eigenvalue weighted by atomic mass is 16.2. The second kappa shape index (κ2) is 5.59. The lowest BCUT2D eigenvalue weighted by Crippen LogP contribution is -2.36. The fraction of sp³-hybridized carbons (Fsp3) is 0.333. The summed E-state index contributed by atoms with van der Waals surface area (Å²) in [5.41, 5.74) is 1.75. The highest BCUT2D eigenvalue weighted by Crippen LogP contribution is 2.20. The SMILES string of the molecule is Cc1nc2n(n1)CC(CC(=O)Nc1ccccc1C)C(=O)N2. The maximum atomic E-state index is 12.2. The minimum atomic E-state index is -0.447. The highest BCUT2D eigenvalue weighted by Gasteiger charge is 2.30. The Hall–Kier alpha value is -2.70. The Morgan fingerprint density at radius 3 is 2.95 bits per heavy atom. The molecule has 0 spiro atoms. The molecule has 0 saturated heterocycles. The second-order valence-corrected chi connectivity index (χ2v) is 5.42. The molecule has 1 aliphatic rings. The van der Waals surface area contributed by atoms with Crippen molar-refractivity contribution in [2.75, 3.05) is 10.6 Å². The lowest BCUT2D eigenvalue weighted by atomic mass is 10.0. The third kappa shape index (κ3) is 2.83. The van der Waals surface area contributed by atoms with E-state index >= 15 is 0 Å². The number of amides is 2. The zero-order valence-electron chi connectivity index (χ0n) is 12.5. The van der Waals surface area contributed by atoms with Gasteiger partial charge in [0, 0.05) is 12.1 Å². The molecule has 0 fully saturated rings. The molecule has 3 rings (SSSR count). The summed E-state index contributed by atoms with van der Waals surface area (Å²) >= 11 is 0. The van der Waals surface area contributed by atoms with Gasteiger partial charge in [-0.1, -0.05) is 18.2 Å². The smallest absolute Gasteiger partial charge is 0.232 e. The summed E-state index contributed by atoms with van der Waals surface area (Å²) in [6, 6.07) is 7.54. The minimum Gasteiger partial charge on any atom is -0.326 e. The second-order valence-electron chi connectivity index (χ2n) is 5.42. The molecular formula is C15H17N5O2. The fourth-order valence-electron chi connectivity index (χ4n) is 2.47. The number of hydrogen-bond acceptors (Lipinski definition) is 4. The van der Waals surface area contributed by atoms with Crippen LogP contribution in [0.25, 0.3) is 0 Å². The molecule has 2 N–H and O–H groups in total. The zero-order chi connectivity index (χ0) is 15.7. The van der Waals surface area contributed by atoms with E-state index in [-0.39, 0.29) is 18.2 Å². The quantitative estimate of drug-likeness (QED) is 0.898. The van der Waals surface area contributed by atoms with Crippen LogP contribution >= 0.6 is 0 Å². The van der Waals surface area contributed by atoms with Gasteiger partial charge in [-0.3, -0.25) is 14.9 Å². The van der Waals surface area contributed by atoms with Crippen LogP contribution in [0.1, 0.15) is 17.8 Å². The van der Waals surface area contributed by atoms with E-state index in [1.54, 1.807) is 11.6 Å². The van der Waals surface area contributed by atoms with E-state index in [1.807, 2.05) is 31.2 Å². The number of carbonyl (C=O) groups is 2. The van der Waals surface area contributed by atoms with Gasteiger partial charge in [0.2, 0.25) is 17.8 Å². The third-order valence-electron chi connectivity index (χ3n) is 3.63. The van der Waals surface area contributed by atoms with Gasteiger partial charge in [-0.2, -0.15) is 10.1 Å². The number of rotatable bonds is 3. The summed E-state index contributed by atoms with van der Waals surface area (Å²) < 4.78 is 1.63. The first-order valence-corrected chi connectivity index (χ1v) is 7.10. The Bertz CT molecular complexity index is 737. The van der Waals surface area contributed by atoms with Crippen molar-refractivity contribution in [3.63, 3.8) is 0 Å². The number of para-hydroxylation sites is 1. The van der Waals surface area contributed by atoms with Gasteiger partial charge >= 0.3 is 0 Å². The number of nitrogens with one attached hydrogen (secondary N) is 2. The third-order valence-corrected chi connectivity index (χ3v) is 3.63. The van der Waals surface area contributed by atoms with Crippen LogP contribution in [0.5, 0.6) is 0 Å². The Kier molecular flexibility index (Phi) is 3.62. The molecule has 0 radical (unpaired) electrons. The number of carbonyl (C=O) groups excluding carboxylic acids is 2. The van der Waals surface area contributed by atoms with E-state index in [0.717, 1.165) is 11.3 Å². The lowest BCUT2D eigenvalue weighted by Gasteiger charge is -2.21. The molecular weight excluding hydrogens is 282 g/mol. The van der Waals surface area contributed by atoms with Crippen LogP contribution in [0.4, 0.5) is 11.6 Å². The van der Waals surface area contributed by atoms with Crippen LogP contribution in [0.2, 0.25) is 0 Å². The molecule has 0 saturated carbocycles. The summed E-state index contributed by atoms with van der Waals surface area (Å²) in [4.78, 5) is 28.3. The van der Waals surface area contributed by atoms with Crippen molar-refractivity contribution in [1.82, 2.24) is 14.8 Å². The van der Waals surface area contributed by atoms with E-state index in [2.05, 4.69) is 20.7 Å². The number of aromatic nitrogens is 3. The zero-order valence-corrected chi connectivity index (χ0v) is 12.5. The number of aryl methyl sites for hydroxylation is 2. The van der Waals surface area contributed by atoms with Gasteiger partial charge in [-0.15, -0.1) is 0 Å². The van der Waals surface area contributed by atoms with E-state index in [4.69, 9.17) is 0 Å². The summed E-state index contributed by atoms with van der Waals surface area (Å²) in [7, 11) is 0. The Balaban J connectivity index is 1.67. The first kappa shape index (κ1) is 14.2. The average molecular weight is 299 g/mol. The van der Waals surface area contributed by atoms with Crippen LogP contribution in [0, 0.1) is 19.8 Å². The molecule has 1 unspecified atom stereocenters. The van der Waals surface area contributed by atoms with E-state index in [1.165, 1.54) is 0 Å². The Labute approximate surface area is 127 Å². The Morgan fingerprint density at radius 1 is 1.41 bits per heavy atom. The maximum absolute atomic E-state index is 12.2. The molecule has 1 aromatic carbocycles. The van der Waals surface area contributed by atoms with Crippen LogP contribution < -0.4 is 10.6 Å². The van der Waals surface area contributed by atoms with Gasteiger partial charge in [0.25, 0.3) is 0 Å². The van der Waals surface area contributed by atoms with Gasteiger partial charge in [-0.25, -0.2) is 4.68 Å². The van der Waals surface area contributed by atoms with Crippen molar-refractivity contribution in [3.05, 3.63) is 35.7 Å². The normalized spacial score (nSPS) is 16.8. The largest absolute Gasteiger partial charge is 0.326 e. The van der Waals surface area contributed by atoms with Crippen molar-refractivity contribution >= 4 is 23.5 Å². The molecule has 1 aromatic heterocycles. The predicted octanol–water partition coefficient (Wildman–Crippen LogP) is 1.49. The topological polar surface area (TPSA) is 88.9 Å². The van der Waals surface area contributed by atoms with Gasteiger partial charge in [0.05, 0.1) is 12.5 Å². The molecule has 2 aromatic rings. The molecule has 2 heterocycles. The van der Waals surface area contributed by atoms with Crippen molar-refractivity contribution in [2.45, 2.75) is 26.8 Å². The summed E-state index contributed by atoms with van der Waals surface area (Å²) in [5.74, 6) is 0.213. The van der Waals surface area contributed by atoms with Crippen LogP contribution in [0.3, 0.4) is 0 Å². The average Bonchev–Trinajstić information content (AvgIpc) is 2.81. The van der Waals surface area contributed by atoms with Crippen LogP contribution in [0.15, 0.2) is 24.3 Å². The molecule has 7 heteroatoms. The van der Waals surface area contributed by atoms with Crippen molar-refractivity contribution < 1.29 is 9.59 Å². The first-order valence-electron chi connectivity index (χ1n) is 7.10. The molecule has 1 atom stereocenters. The fourth-order valence-corrected chi connectivity index (χ4v) is 2.47. The molecule has 2 amide bonds. The first-order chi connectivity index (χ1) is 10.5. The van der Waals surface area contributed by atoms with Gasteiger partial charge < -0.3 is 5.32 Å². The van der Waals surface area contributed by atoms with Gasteiger partial charge in [-0.05, 0) is 25.5 Å². The van der Waals surface area contributed by atoms with Crippen molar-refractivity contribution in [3.8, 4) is 0 Å². The summed E-state index contributed by atoms with van der Waals surface area (Å²) in [6.45, 7) is 4.05. The summed E-state index contributed by atoms with van der Waals surface area (Å²) in [5, 5.41) is 9.73. The van der Waals surface area contributed by atoms with Crippen LogP contribution in [-0.4, -0.2) is 26.6 Å².